The standard InChI is InChI=1S/C34H34N4O3/c1-24-15-16-27(21-25(24)2)35-31(39)22-37-23-38(28-11-4-3-5-12-28)34(33(37)41)17-19-36(20-18-34)32(40)30-14-8-10-26-9-6-7-13-29(26)30/h3-16,21H,17-20,22-23H2,1-2H3,(H,35,39). The summed E-state index contributed by atoms with van der Waals surface area (Å²) in [5.74, 6) is -0.304. The number of benzene rings is 4. The second-order valence-corrected chi connectivity index (χ2v) is 11.1. The smallest absolute Gasteiger partial charge is 0.254 e. The van der Waals surface area contributed by atoms with E-state index in [0.29, 0.717) is 38.2 Å². The van der Waals surface area contributed by atoms with Crippen LogP contribution in [0.1, 0.15) is 34.3 Å². The zero-order valence-electron chi connectivity index (χ0n) is 23.5. The number of anilines is 2. The van der Waals surface area contributed by atoms with Crippen molar-refractivity contribution >= 4 is 39.9 Å². The number of para-hydroxylation sites is 1. The van der Waals surface area contributed by atoms with E-state index >= 15 is 0 Å². The maximum Gasteiger partial charge on any atom is 0.254 e. The van der Waals surface area contributed by atoms with Gasteiger partial charge in [0.2, 0.25) is 5.91 Å². The van der Waals surface area contributed by atoms with Crippen molar-refractivity contribution in [2.24, 2.45) is 0 Å². The molecule has 0 radical (unpaired) electrons. The number of fused-ring (bicyclic) bond motifs is 1. The topological polar surface area (TPSA) is 73.0 Å². The van der Waals surface area contributed by atoms with Crippen LogP contribution in [0.2, 0.25) is 0 Å². The number of hydrogen-bond acceptors (Lipinski definition) is 4. The Balaban J connectivity index is 1.21. The number of likely N-dealkylation sites (tertiary alicyclic amines) is 1. The molecule has 0 aliphatic carbocycles. The first-order valence-electron chi connectivity index (χ1n) is 14.1. The first kappa shape index (κ1) is 26.6. The molecule has 4 aromatic carbocycles. The van der Waals surface area contributed by atoms with Crippen molar-refractivity contribution in [3.63, 3.8) is 0 Å². The van der Waals surface area contributed by atoms with Crippen LogP contribution in [0, 0.1) is 13.8 Å². The maximum atomic E-state index is 14.1. The van der Waals surface area contributed by atoms with Crippen LogP contribution in [0.4, 0.5) is 11.4 Å². The number of aryl methyl sites for hydroxylation is 2. The lowest BCUT2D eigenvalue weighted by Crippen LogP contribution is -2.57. The van der Waals surface area contributed by atoms with E-state index in [9.17, 15) is 14.4 Å². The molecule has 3 amide bonds. The highest BCUT2D eigenvalue weighted by atomic mass is 16.2. The van der Waals surface area contributed by atoms with Gasteiger partial charge in [0.15, 0.2) is 0 Å². The zero-order chi connectivity index (χ0) is 28.6. The molecule has 41 heavy (non-hydrogen) atoms. The molecule has 2 saturated heterocycles. The van der Waals surface area contributed by atoms with E-state index in [0.717, 1.165) is 33.3 Å². The fourth-order valence-corrected chi connectivity index (χ4v) is 6.18. The molecule has 0 atom stereocenters. The lowest BCUT2D eigenvalue weighted by molar-refractivity contribution is -0.136. The summed E-state index contributed by atoms with van der Waals surface area (Å²) in [4.78, 5) is 46.4. The highest BCUT2D eigenvalue weighted by Gasteiger charge is 2.54. The van der Waals surface area contributed by atoms with Gasteiger partial charge < -0.3 is 20.0 Å². The predicted octanol–water partition coefficient (Wildman–Crippen LogP) is 5.38. The summed E-state index contributed by atoms with van der Waals surface area (Å²) in [6.07, 6.45) is 0.985. The molecule has 6 rings (SSSR count). The third-order valence-corrected chi connectivity index (χ3v) is 8.60. The van der Waals surface area contributed by atoms with E-state index < -0.39 is 5.54 Å². The molecule has 2 fully saturated rings. The van der Waals surface area contributed by atoms with Crippen molar-refractivity contribution < 1.29 is 14.4 Å². The number of carbonyl (C=O) groups excluding carboxylic acids is 3. The maximum absolute atomic E-state index is 14.1. The molecule has 1 N–H and O–H groups in total. The monoisotopic (exact) mass is 546 g/mol. The van der Waals surface area contributed by atoms with E-state index in [1.165, 1.54) is 0 Å². The summed E-state index contributed by atoms with van der Waals surface area (Å²) in [6, 6.07) is 29.4. The van der Waals surface area contributed by atoms with Crippen molar-refractivity contribution in [3.05, 3.63) is 108 Å². The van der Waals surface area contributed by atoms with E-state index in [2.05, 4.69) is 10.2 Å². The third-order valence-electron chi connectivity index (χ3n) is 8.60. The quantitative estimate of drug-likeness (QED) is 0.365. The van der Waals surface area contributed by atoms with Crippen LogP contribution in [-0.2, 0) is 9.59 Å². The average Bonchev–Trinajstić information content (AvgIpc) is 3.25. The molecule has 0 aromatic heterocycles. The van der Waals surface area contributed by atoms with E-state index in [4.69, 9.17) is 0 Å². The summed E-state index contributed by atoms with van der Waals surface area (Å²) < 4.78 is 0. The minimum atomic E-state index is -0.808. The van der Waals surface area contributed by atoms with E-state index in [1.54, 1.807) is 4.90 Å². The van der Waals surface area contributed by atoms with Gasteiger partial charge in [0.1, 0.15) is 12.1 Å². The summed E-state index contributed by atoms with van der Waals surface area (Å²) in [6.45, 7) is 5.24. The molecule has 4 aromatic rings. The van der Waals surface area contributed by atoms with Gasteiger partial charge in [-0.05, 0) is 78.9 Å². The molecule has 0 unspecified atom stereocenters. The number of nitrogens with zero attached hydrogens (tertiary/aromatic N) is 3. The normalized spacial score (nSPS) is 16.4. The van der Waals surface area contributed by atoms with Crippen LogP contribution < -0.4 is 10.2 Å². The molecule has 2 aliphatic heterocycles. The number of carbonyl (C=O) groups is 3. The SMILES string of the molecule is Cc1ccc(NC(=O)CN2CN(c3ccccc3)C3(CCN(C(=O)c4cccc5ccccc45)CC3)C2=O)cc1C. The van der Waals surface area contributed by atoms with Crippen molar-refractivity contribution in [2.45, 2.75) is 32.2 Å². The predicted molar refractivity (Wildman–Crippen MR) is 162 cm³/mol. The van der Waals surface area contributed by atoms with E-state index in [1.807, 2.05) is 110 Å². The van der Waals surface area contributed by atoms with Gasteiger partial charge in [-0.25, -0.2) is 0 Å². The highest BCUT2D eigenvalue weighted by Crippen LogP contribution is 2.40. The Morgan fingerprint density at radius 3 is 2.29 bits per heavy atom. The van der Waals surface area contributed by atoms with Gasteiger partial charge in [0.25, 0.3) is 11.8 Å². The second kappa shape index (κ2) is 10.7. The van der Waals surface area contributed by atoms with Gasteiger partial charge in [0.05, 0.1) is 6.67 Å². The van der Waals surface area contributed by atoms with Crippen LogP contribution in [0.25, 0.3) is 10.8 Å². The number of hydrogen-bond donors (Lipinski definition) is 1. The van der Waals surface area contributed by atoms with Crippen LogP contribution in [0.5, 0.6) is 0 Å². The Hall–Kier alpha value is -4.65. The molecule has 2 heterocycles. The molecular formula is C34H34N4O3. The Labute approximate surface area is 240 Å². The van der Waals surface area contributed by atoms with Crippen molar-refractivity contribution in [2.75, 3.05) is 36.5 Å². The first-order chi connectivity index (χ1) is 19.9. The Bertz CT molecular complexity index is 1620. The fraction of sp³-hybridized carbons (Fsp3) is 0.265. The minimum Gasteiger partial charge on any atom is -0.339 e. The molecule has 7 nitrogen and oxygen atoms in total. The van der Waals surface area contributed by atoms with Crippen molar-refractivity contribution in [1.29, 1.82) is 0 Å². The molecular weight excluding hydrogens is 512 g/mol. The molecule has 7 heteroatoms. The van der Waals surface area contributed by atoms with Crippen molar-refractivity contribution in [1.82, 2.24) is 9.80 Å². The number of piperidine rings is 1. The lowest BCUT2D eigenvalue weighted by Gasteiger charge is -2.43. The molecule has 0 bridgehead atoms. The van der Waals surface area contributed by atoms with Gasteiger partial charge in [-0.15, -0.1) is 0 Å². The average molecular weight is 547 g/mol. The van der Waals surface area contributed by atoms with Gasteiger partial charge in [0, 0.05) is 30.0 Å². The Morgan fingerprint density at radius 1 is 0.829 bits per heavy atom. The third kappa shape index (κ3) is 4.92. The Kier molecular flexibility index (Phi) is 6.95. The van der Waals surface area contributed by atoms with Crippen LogP contribution in [0.3, 0.4) is 0 Å². The molecule has 208 valence electrons. The summed E-state index contributed by atoms with van der Waals surface area (Å²) in [7, 11) is 0. The van der Waals surface area contributed by atoms with Crippen LogP contribution in [-0.4, -0.2) is 59.4 Å². The molecule has 2 aliphatic rings. The van der Waals surface area contributed by atoms with Gasteiger partial charge in [-0.3, -0.25) is 14.4 Å². The first-order valence-corrected chi connectivity index (χ1v) is 14.1. The fourth-order valence-electron chi connectivity index (χ4n) is 6.18. The van der Waals surface area contributed by atoms with Crippen molar-refractivity contribution in [3.8, 4) is 0 Å². The lowest BCUT2D eigenvalue weighted by atomic mass is 9.85. The number of nitrogens with one attached hydrogen (secondary N) is 1. The zero-order valence-corrected chi connectivity index (χ0v) is 23.5. The van der Waals surface area contributed by atoms with Crippen LogP contribution >= 0.6 is 0 Å². The molecule has 1 spiro atoms. The van der Waals surface area contributed by atoms with Crippen LogP contribution in [0.15, 0.2) is 91.0 Å². The Morgan fingerprint density at radius 2 is 1.54 bits per heavy atom. The summed E-state index contributed by atoms with van der Waals surface area (Å²) in [5.41, 5.74) is 3.78. The van der Waals surface area contributed by atoms with Gasteiger partial charge in [-0.2, -0.15) is 0 Å². The van der Waals surface area contributed by atoms with Gasteiger partial charge in [-0.1, -0.05) is 60.7 Å². The summed E-state index contributed by atoms with van der Waals surface area (Å²) in [5, 5.41) is 4.92. The number of rotatable bonds is 5. The second-order valence-electron chi connectivity index (χ2n) is 11.1. The largest absolute Gasteiger partial charge is 0.339 e. The van der Waals surface area contributed by atoms with E-state index in [-0.39, 0.29) is 24.3 Å². The highest BCUT2D eigenvalue weighted by molar-refractivity contribution is 6.07. The number of amides is 3. The summed E-state index contributed by atoms with van der Waals surface area (Å²) >= 11 is 0. The van der Waals surface area contributed by atoms with Gasteiger partial charge >= 0.3 is 0 Å². The molecule has 0 saturated carbocycles. The minimum absolute atomic E-state index is 0.0158.